The fourth-order valence-corrected chi connectivity index (χ4v) is 4.60. The maximum absolute atomic E-state index is 11.9. The van der Waals surface area contributed by atoms with Crippen molar-refractivity contribution in [2.24, 2.45) is 4.99 Å². The number of thiol groups is 1. The summed E-state index contributed by atoms with van der Waals surface area (Å²) in [6, 6.07) is 3.08. The summed E-state index contributed by atoms with van der Waals surface area (Å²) in [5.41, 5.74) is 1.62. The number of phenolic OH excluding ortho intramolecular Hbond substituents is 1. The van der Waals surface area contributed by atoms with E-state index >= 15 is 0 Å². The first-order chi connectivity index (χ1) is 10.3. The molecule has 0 saturated heterocycles. The van der Waals surface area contributed by atoms with Crippen LogP contribution in [0.5, 0.6) is 5.75 Å². The summed E-state index contributed by atoms with van der Waals surface area (Å²) in [6.45, 7) is 5.79. The number of nitrogens with zero attached hydrogens (tertiary/aromatic N) is 2. The van der Waals surface area contributed by atoms with Gasteiger partial charge in [-0.25, -0.2) is 4.98 Å². The minimum atomic E-state index is -0.493. The Morgan fingerprint density at radius 1 is 1.45 bits per heavy atom. The summed E-state index contributed by atoms with van der Waals surface area (Å²) in [6.07, 6.45) is 0. The van der Waals surface area contributed by atoms with Crippen molar-refractivity contribution in [3.05, 3.63) is 22.7 Å². The van der Waals surface area contributed by atoms with Gasteiger partial charge < -0.3 is 9.83 Å². The zero-order valence-electron chi connectivity index (χ0n) is 12.2. The Balaban J connectivity index is 2.03. The third kappa shape index (κ3) is 2.59. The monoisotopic (exact) mass is 353 g/mol. The molecule has 8 heteroatoms. The number of thiazole rings is 1. The number of aryl methyl sites for hydroxylation is 1. The third-order valence-electron chi connectivity index (χ3n) is 3.51. The molecule has 5 nitrogen and oxygen atoms in total. The molecule has 1 aliphatic rings. The van der Waals surface area contributed by atoms with E-state index in [1.165, 1.54) is 23.1 Å². The second-order valence-electron chi connectivity index (χ2n) is 5.64. The molecule has 1 aliphatic heterocycles. The number of hydrogen-bond acceptors (Lipinski definition) is 7. The standard InChI is InChI=1S/C14H15N3O2S3/c1-6-4-7-9(5-8(6)18)21-12(15-7)13-16-10(11(19)17-20)14(2,3)22-13/h4-5,10,18,20H,1-3H3,(H,17,19). The Morgan fingerprint density at radius 2 is 2.18 bits per heavy atom. The number of nitrogens with one attached hydrogen (secondary N) is 1. The number of amides is 1. The third-order valence-corrected chi connectivity index (χ3v) is 6.13. The van der Waals surface area contributed by atoms with Gasteiger partial charge in [0.2, 0.25) is 0 Å². The molecule has 2 N–H and O–H groups in total. The van der Waals surface area contributed by atoms with Gasteiger partial charge in [0.15, 0.2) is 0 Å². The predicted octanol–water partition coefficient (Wildman–Crippen LogP) is 2.91. The minimum absolute atomic E-state index is 0.217. The van der Waals surface area contributed by atoms with Crippen molar-refractivity contribution in [1.29, 1.82) is 0 Å². The first-order valence-corrected chi connectivity index (χ1v) is 8.71. The van der Waals surface area contributed by atoms with Crippen molar-refractivity contribution >= 4 is 57.1 Å². The van der Waals surface area contributed by atoms with E-state index in [0.717, 1.165) is 25.8 Å². The Bertz CT molecular complexity index is 759. The zero-order chi connectivity index (χ0) is 16.1. The highest BCUT2D eigenvalue weighted by Crippen LogP contribution is 2.41. The topological polar surface area (TPSA) is 74.6 Å². The van der Waals surface area contributed by atoms with Gasteiger partial charge in [-0.05, 0) is 38.5 Å². The SMILES string of the molecule is Cc1cc2nc(C3=NC(C(=O)NS)C(C)(C)S3)sc2cc1O. The highest BCUT2D eigenvalue weighted by molar-refractivity contribution is 8.16. The molecular weight excluding hydrogens is 338 g/mol. The van der Waals surface area contributed by atoms with Gasteiger partial charge in [0, 0.05) is 4.75 Å². The maximum Gasteiger partial charge on any atom is 0.255 e. The fraction of sp³-hybridized carbons (Fsp3) is 0.357. The summed E-state index contributed by atoms with van der Waals surface area (Å²) in [4.78, 5) is 21.0. The van der Waals surface area contributed by atoms with Gasteiger partial charge in [-0.3, -0.25) is 9.79 Å². The lowest BCUT2D eigenvalue weighted by atomic mass is 10.0. The Kier molecular flexibility index (Phi) is 3.86. The van der Waals surface area contributed by atoms with Crippen LogP contribution >= 0.6 is 35.9 Å². The highest BCUT2D eigenvalue weighted by Gasteiger charge is 2.43. The Hall–Kier alpha value is -1.25. The summed E-state index contributed by atoms with van der Waals surface area (Å²) in [5.74, 6) is 0.0433. The van der Waals surface area contributed by atoms with Crippen molar-refractivity contribution < 1.29 is 9.90 Å². The Morgan fingerprint density at radius 3 is 2.86 bits per heavy atom. The van der Waals surface area contributed by atoms with E-state index in [-0.39, 0.29) is 16.4 Å². The van der Waals surface area contributed by atoms with Gasteiger partial charge >= 0.3 is 0 Å². The summed E-state index contributed by atoms with van der Waals surface area (Å²) >= 11 is 6.83. The van der Waals surface area contributed by atoms with Crippen molar-refractivity contribution in [3.8, 4) is 5.75 Å². The molecule has 1 unspecified atom stereocenters. The van der Waals surface area contributed by atoms with Crippen molar-refractivity contribution in [2.45, 2.75) is 31.6 Å². The number of carbonyl (C=O) groups excluding carboxylic acids is 1. The van der Waals surface area contributed by atoms with Gasteiger partial charge in [-0.15, -0.1) is 11.3 Å². The molecule has 1 atom stereocenters. The molecule has 2 aromatic rings. The number of benzene rings is 1. The molecule has 1 aromatic heterocycles. The maximum atomic E-state index is 11.9. The number of hydrogen-bond donors (Lipinski definition) is 3. The minimum Gasteiger partial charge on any atom is -0.508 e. The molecule has 0 saturated carbocycles. The lowest BCUT2D eigenvalue weighted by Gasteiger charge is -2.21. The smallest absolute Gasteiger partial charge is 0.255 e. The molecule has 0 spiro atoms. The largest absolute Gasteiger partial charge is 0.508 e. The summed E-state index contributed by atoms with van der Waals surface area (Å²) in [7, 11) is 0. The van der Waals surface area contributed by atoms with Gasteiger partial charge in [0.1, 0.15) is 21.8 Å². The quantitative estimate of drug-likeness (QED) is 0.726. The second kappa shape index (κ2) is 5.43. The van der Waals surface area contributed by atoms with Crippen molar-refractivity contribution in [1.82, 2.24) is 9.71 Å². The average Bonchev–Trinajstić information content (AvgIpc) is 2.99. The number of rotatable bonds is 2. The van der Waals surface area contributed by atoms with Crippen molar-refractivity contribution in [2.75, 3.05) is 0 Å². The van der Waals surface area contributed by atoms with E-state index in [4.69, 9.17) is 0 Å². The number of thioether (sulfide) groups is 1. The molecule has 116 valence electrons. The molecule has 0 bridgehead atoms. The molecule has 2 heterocycles. The second-order valence-corrected chi connectivity index (χ2v) is 8.54. The van der Waals surface area contributed by atoms with E-state index < -0.39 is 6.04 Å². The van der Waals surface area contributed by atoms with Crippen molar-refractivity contribution in [3.63, 3.8) is 0 Å². The number of carbonyl (C=O) groups is 1. The molecule has 1 amide bonds. The Labute approximate surface area is 141 Å². The van der Waals surface area contributed by atoms with Crippen LogP contribution in [-0.2, 0) is 4.79 Å². The first kappa shape index (κ1) is 15.6. The van der Waals surface area contributed by atoms with Crippen LogP contribution in [0.15, 0.2) is 17.1 Å². The van der Waals surface area contributed by atoms with E-state index in [1.54, 1.807) is 6.07 Å². The van der Waals surface area contributed by atoms with Crippen LogP contribution in [-0.4, -0.2) is 31.8 Å². The van der Waals surface area contributed by atoms with Gasteiger partial charge in [0.25, 0.3) is 5.91 Å². The zero-order valence-corrected chi connectivity index (χ0v) is 14.8. The number of aromatic nitrogens is 1. The normalized spacial score (nSPS) is 20.2. The van der Waals surface area contributed by atoms with E-state index in [2.05, 4.69) is 27.5 Å². The van der Waals surface area contributed by atoms with Gasteiger partial charge in [0.05, 0.1) is 10.2 Å². The van der Waals surface area contributed by atoms with Crippen LogP contribution < -0.4 is 4.72 Å². The van der Waals surface area contributed by atoms with Crippen LogP contribution in [0, 0.1) is 6.92 Å². The number of aliphatic imine (C=N–C) groups is 1. The molecule has 3 rings (SSSR count). The number of fused-ring (bicyclic) bond motifs is 1. The van der Waals surface area contributed by atoms with Crippen LogP contribution in [0.3, 0.4) is 0 Å². The molecule has 1 aromatic carbocycles. The first-order valence-electron chi connectivity index (χ1n) is 6.63. The number of phenols is 1. The molecule has 22 heavy (non-hydrogen) atoms. The van der Waals surface area contributed by atoms with Crippen LogP contribution in [0.4, 0.5) is 0 Å². The summed E-state index contributed by atoms with van der Waals surface area (Å²) < 4.78 is 2.92. The summed E-state index contributed by atoms with van der Waals surface area (Å²) in [5, 5.41) is 11.3. The van der Waals surface area contributed by atoms with Crippen LogP contribution in [0.1, 0.15) is 24.4 Å². The lowest BCUT2D eigenvalue weighted by molar-refractivity contribution is -0.120. The molecular formula is C14H15N3O2S3. The van der Waals surface area contributed by atoms with E-state index in [9.17, 15) is 9.90 Å². The fourth-order valence-electron chi connectivity index (χ4n) is 2.30. The average molecular weight is 353 g/mol. The predicted molar refractivity (Wildman–Crippen MR) is 95.1 cm³/mol. The molecule has 0 aliphatic carbocycles. The van der Waals surface area contributed by atoms with Crippen LogP contribution in [0.2, 0.25) is 0 Å². The van der Waals surface area contributed by atoms with E-state index in [0.29, 0.717) is 0 Å². The van der Waals surface area contributed by atoms with Crippen LogP contribution in [0.25, 0.3) is 10.2 Å². The number of aromatic hydroxyl groups is 1. The molecule has 0 fully saturated rings. The highest BCUT2D eigenvalue weighted by atomic mass is 32.2. The van der Waals surface area contributed by atoms with Gasteiger partial charge in [-0.2, -0.15) is 0 Å². The lowest BCUT2D eigenvalue weighted by Crippen LogP contribution is -2.39. The van der Waals surface area contributed by atoms with E-state index in [1.807, 2.05) is 26.8 Å². The molecule has 0 radical (unpaired) electrons. The van der Waals surface area contributed by atoms with Gasteiger partial charge in [-0.1, -0.05) is 24.6 Å².